The molecular formula is C19H19F2N3O2S2. The molecule has 28 heavy (non-hydrogen) atoms. The molecule has 0 radical (unpaired) electrons. The topological polar surface area (TPSA) is 64.0 Å². The zero-order valence-electron chi connectivity index (χ0n) is 15.2. The van der Waals surface area contributed by atoms with Gasteiger partial charge in [0, 0.05) is 24.7 Å². The number of hydrogen-bond donors (Lipinski definition) is 1. The predicted octanol–water partition coefficient (Wildman–Crippen LogP) is 3.94. The lowest BCUT2D eigenvalue weighted by Crippen LogP contribution is -2.27. The number of amides is 1. The van der Waals surface area contributed by atoms with Crippen LogP contribution in [0.3, 0.4) is 0 Å². The number of rotatable bonds is 8. The number of benzene rings is 1. The quantitative estimate of drug-likeness (QED) is 0.440. The number of fused-ring (bicyclic) bond motifs is 1. The van der Waals surface area contributed by atoms with Crippen LogP contribution in [0.4, 0.5) is 8.78 Å². The minimum absolute atomic E-state index is 0.0366. The monoisotopic (exact) mass is 423 g/mol. The van der Waals surface area contributed by atoms with Gasteiger partial charge in [0.1, 0.15) is 16.3 Å². The van der Waals surface area contributed by atoms with Crippen molar-refractivity contribution in [2.24, 2.45) is 0 Å². The standard InChI is InChI=1S/C19H19F2N3O2S2/c1-2-3-7-24-18(26)17-15(6-8-27-17)23-19(24)28-11-16(25)22-10-12-4-5-13(20)9-14(12)21/h4-6,8-9H,2-3,7,10-11H2,1H3,(H,22,25). The number of hydrogen-bond acceptors (Lipinski definition) is 5. The summed E-state index contributed by atoms with van der Waals surface area (Å²) >= 11 is 2.53. The van der Waals surface area contributed by atoms with Crippen molar-refractivity contribution in [3.05, 3.63) is 57.2 Å². The smallest absolute Gasteiger partial charge is 0.272 e. The van der Waals surface area contributed by atoms with Gasteiger partial charge in [0.2, 0.25) is 5.91 Å². The molecule has 9 heteroatoms. The van der Waals surface area contributed by atoms with Crippen LogP contribution in [0, 0.1) is 11.6 Å². The fourth-order valence-corrected chi connectivity index (χ4v) is 4.22. The second-order valence-corrected chi connectivity index (χ2v) is 8.00. The van der Waals surface area contributed by atoms with Gasteiger partial charge in [-0.25, -0.2) is 13.8 Å². The second-order valence-electron chi connectivity index (χ2n) is 6.14. The average Bonchev–Trinajstić information content (AvgIpc) is 3.14. The van der Waals surface area contributed by atoms with Crippen molar-refractivity contribution in [3.8, 4) is 0 Å². The molecule has 0 aliphatic carbocycles. The lowest BCUT2D eigenvalue weighted by atomic mass is 10.2. The van der Waals surface area contributed by atoms with E-state index in [1.807, 2.05) is 12.3 Å². The summed E-state index contributed by atoms with van der Waals surface area (Å²) in [5, 5.41) is 4.92. The van der Waals surface area contributed by atoms with Gasteiger partial charge in [0.15, 0.2) is 5.16 Å². The van der Waals surface area contributed by atoms with Crippen molar-refractivity contribution in [2.75, 3.05) is 5.75 Å². The van der Waals surface area contributed by atoms with Crippen LogP contribution in [-0.2, 0) is 17.9 Å². The molecule has 3 aromatic rings. The Labute approximate surface area is 168 Å². The molecule has 0 fully saturated rings. The number of thioether (sulfide) groups is 1. The molecule has 0 aliphatic rings. The molecule has 148 valence electrons. The summed E-state index contributed by atoms with van der Waals surface area (Å²) in [6.07, 6.45) is 1.77. The number of aromatic nitrogens is 2. The molecule has 2 heterocycles. The molecule has 5 nitrogen and oxygen atoms in total. The first kappa shape index (κ1) is 20.5. The van der Waals surface area contributed by atoms with Crippen LogP contribution in [0.2, 0.25) is 0 Å². The van der Waals surface area contributed by atoms with Crippen LogP contribution in [0.15, 0.2) is 39.6 Å². The molecular weight excluding hydrogens is 404 g/mol. The molecule has 0 saturated carbocycles. The van der Waals surface area contributed by atoms with Gasteiger partial charge < -0.3 is 5.32 Å². The number of halogens is 2. The second kappa shape index (κ2) is 9.29. The summed E-state index contributed by atoms with van der Waals surface area (Å²) in [4.78, 5) is 29.4. The molecule has 0 saturated heterocycles. The van der Waals surface area contributed by atoms with Gasteiger partial charge in [0.05, 0.1) is 11.3 Å². The predicted molar refractivity (Wildman–Crippen MR) is 108 cm³/mol. The average molecular weight is 424 g/mol. The molecule has 1 amide bonds. The van der Waals surface area contributed by atoms with Crippen LogP contribution >= 0.6 is 23.1 Å². The van der Waals surface area contributed by atoms with E-state index in [0.717, 1.165) is 25.0 Å². The molecule has 0 atom stereocenters. The molecule has 0 aliphatic heterocycles. The minimum atomic E-state index is -0.703. The highest BCUT2D eigenvalue weighted by atomic mass is 32.2. The van der Waals surface area contributed by atoms with Crippen LogP contribution < -0.4 is 10.9 Å². The summed E-state index contributed by atoms with van der Waals surface area (Å²) in [6, 6.07) is 5.01. The van der Waals surface area contributed by atoms with E-state index in [-0.39, 0.29) is 29.3 Å². The van der Waals surface area contributed by atoms with Crippen LogP contribution in [0.1, 0.15) is 25.3 Å². The van der Waals surface area contributed by atoms with Crippen molar-refractivity contribution in [1.82, 2.24) is 14.9 Å². The van der Waals surface area contributed by atoms with Crippen molar-refractivity contribution in [3.63, 3.8) is 0 Å². The van der Waals surface area contributed by atoms with Gasteiger partial charge in [-0.05, 0) is 23.9 Å². The zero-order valence-corrected chi connectivity index (χ0v) is 16.8. The zero-order chi connectivity index (χ0) is 20.1. The highest BCUT2D eigenvalue weighted by Crippen LogP contribution is 2.21. The van der Waals surface area contributed by atoms with Crippen molar-refractivity contribution >= 4 is 39.2 Å². The molecule has 0 unspecified atom stereocenters. The van der Waals surface area contributed by atoms with Crippen molar-refractivity contribution in [1.29, 1.82) is 0 Å². The third-order valence-corrected chi connectivity index (χ3v) is 5.96. The van der Waals surface area contributed by atoms with E-state index in [1.54, 1.807) is 10.6 Å². The number of unbranched alkanes of at least 4 members (excludes halogenated alkanes) is 1. The fraction of sp³-hybridized carbons (Fsp3) is 0.316. The third kappa shape index (κ3) is 4.77. The number of thiophene rings is 1. The molecule has 2 aromatic heterocycles. The highest BCUT2D eigenvalue weighted by molar-refractivity contribution is 7.99. The number of nitrogens with zero attached hydrogens (tertiary/aromatic N) is 2. The maximum Gasteiger partial charge on any atom is 0.272 e. The van der Waals surface area contributed by atoms with E-state index in [1.165, 1.54) is 29.2 Å². The Hall–Kier alpha value is -2.26. The van der Waals surface area contributed by atoms with E-state index in [4.69, 9.17) is 0 Å². The third-order valence-electron chi connectivity index (χ3n) is 4.09. The van der Waals surface area contributed by atoms with Crippen LogP contribution in [-0.4, -0.2) is 21.2 Å². The molecule has 1 aromatic carbocycles. The lowest BCUT2D eigenvalue weighted by molar-refractivity contribution is -0.118. The Balaban J connectivity index is 1.68. The van der Waals surface area contributed by atoms with E-state index in [9.17, 15) is 18.4 Å². The highest BCUT2D eigenvalue weighted by Gasteiger charge is 2.14. The summed E-state index contributed by atoms with van der Waals surface area (Å²) in [7, 11) is 0. The van der Waals surface area contributed by atoms with E-state index in [0.29, 0.717) is 21.9 Å². The Kier molecular flexibility index (Phi) is 6.79. The van der Waals surface area contributed by atoms with Gasteiger partial charge in [-0.2, -0.15) is 0 Å². The Morgan fingerprint density at radius 3 is 2.89 bits per heavy atom. The van der Waals surface area contributed by atoms with E-state index >= 15 is 0 Å². The summed E-state index contributed by atoms with van der Waals surface area (Å²) in [6.45, 7) is 2.54. The summed E-state index contributed by atoms with van der Waals surface area (Å²) in [5.41, 5.74) is 0.737. The molecule has 3 rings (SSSR count). The van der Waals surface area contributed by atoms with Crippen LogP contribution in [0.5, 0.6) is 0 Å². The first-order valence-electron chi connectivity index (χ1n) is 8.81. The van der Waals surface area contributed by atoms with Gasteiger partial charge >= 0.3 is 0 Å². The molecule has 1 N–H and O–H groups in total. The fourth-order valence-electron chi connectivity index (χ4n) is 2.59. The lowest BCUT2D eigenvalue weighted by Gasteiger charge is -2.11. The first-order chi connectivity index (χ1) is 13.5. The van der Waals surface area contributed by atoms with E-state index in [2.05, 4.69) is 10.3 Å². The Morgan fingerprint density at radius 2 is 2.14 bits per heavy atom. The Bertz CT molecular complexity index is 1050. The molecule has 0 spiro atoms. The van der Waals surface area contributed by atoms with Gasteiger partial charge in [-0.15, -0.1) is 11.3 Å². The summed E-state index contributed by atoms with van der Waals surface area (Å²) in [5.74, 6) is -1.65. The number of nitrogens with one attached hydrogen (secondary N) is 1. The van der Waals surface area contributed by atoms with E-state index < -0.39 is 11.6 Å². The summed E-state index contributed by atoms with van der Waals surface area (Å²) < 4.78 is 28.8. The largest absolute Gasteiger partial charge is 0.351 e. The van der Waals surface area contributed by atoms with Crippen LogP contribution in [0.25, 0.3) is 10.2 Å². The first-order valence-corrected chi connectivity index (χ1v) is 10.7. The van der Waals surface area contributed by atoms with Gasteiger partial charge in [0.25, 0.3) is 5.56 Å². The minimum Gasteiger partial charge on any atom is -0.351 e. The Morgan fingerprint density at radius 1 is 1.32 bits per heavy atom. The van der Waals surface area contributed by atoms with Crippen molar-refractivity contribution in [2.45, 2.75) is 38.0 Å². The maximum absolute atomic E-state index is 13.6. The van der Waals surface area contributed by atoms with Gasteiger partial charge in [-0.1, -0.05) is 31.2 Å². The van der Waals surface area contributed by atoms with Gasteiger partial charge in [-0.3, -0.25) is 14.2 Å². The maximum atomic E-state index is 13.6. The number of carbonyl (C=O) groups excluding carboxylic acids is 1. The normalized spacial score (nSPS) is 11.1. The number of carbonyl (C=O) groups is 1. The van der Waals surface area contributed by atoms with Crippen molar-refractivity contribution < 1.29 is 13.6 Å². The molecule has 0 bridgehead atoms. The SMILES string of the molecule is CCCCn1c(SCC(=O)NCc2ccc(F)cc2F)nc2ccsc2c1=O.